The van der Waals surface area contributed by atoms with Crippen molar-refractivity contribution in [3.05, 3.63) is 47.5 Å². The minimum Gasteiger partial charge on any atom is -0.481 e. The number of carboxylic acids is 1. The lowest BCUT2D eigenvalue weighted by Gasteiger charge is -2.10. The predicted octanol–water partition coefficient (Wildman–Crippen LogP) is 1.45. The first-order valence-electron chi connectivity index (χ1n) is 7.69. The molecule has 2 atom stereocenters. The summed E-state index contributed by atoms with van der Waals surface area (Å²) in [6.45, 7) is 0.308. The van der Waals surface area contributed by atoms with Crippen LogP contribution in [-0.4, -0.2) is 38.0 Å². The summed E-state index contributed by atoms with van der Waals surface area (Å²) in [6.07, 6.45) is 3.12. The largest absolute Gasteiger partial charge is 0.481 e. The van der Waals surface area contributed by atoms with Crippen molar-refractivity contribution in [1.29, 1.82) is 0 Å². The minimum atomic E-state index is -0.826. The molecule has 0 radical (unpaired) electrons. The lowest BCUT2D eigenvalue weighted by molar-refractivity contribution is -0.141. The van der Waals surface area contributed by atoms with Crippen molar-refractivity contribution < 1.29 is 19.1 Å². The Hall–Kier alpha value is -2.77. The van der Waals surface area contributed by atoms with Crippen LogP contribution in [0.4, 0.5) is 4.39 Å². The second-order valence-electron chi connectivity index (χ2n) is 5.95. The lowest BCUT2D eigenvalue weighted by Crippen LogP contribution is -2.33. The van der Waals surface area contributed by atoms with E-state index >= 15 is 0 Å². The van der Waals surface area contributed by atoms with E-state index in [9.17, 15) is 14.0 Å². The molecule has 1 aromatic carbocycles. The van der Waals surface area contributed by atoms with E-state index in [0.29, 0.717) is 31.4 Å². The number of aliphatic carboxylic acids is 1. The predicted molar refractivity (Wildman–Crippen MR) is 81.8 cm³/mol. The van der Waals surface area contributed by atoms with Crippen LogP contribution in [-0.2, 0) is 11.3 Å². The van der Waals surface area contributed by atoms with E-state index in [1.165, 1.54) is 23.0 Å². The van der Waals surface area contributed by atoms with Crippen molar-refractivity contribution in [2.75, 3.05) is 0 Å². The molecule has 0 saturated heterocycles. The highest BCUT2D eigenvalue weighted by Gasteiger charge is 2.31. The zero-order valence-electron chi connectivity index (χ0n) is 12.9. The van der Waals surface area contributed by atoms with Crippen LogP contribution in [0, 0.1) is 11.7 Å². The van der Waals surface area contributed by atoms with Crippen LogP contribution in [0.25, 0.3) is 0 Å². The molecular formula is C16H17FN4O3. The fourth-order valence-corrected chi connectivity index (χ4v) is 2.90. The normalized spacial score (nSPS) is 20.0. The average molecular weight is 332 g/mol. The summed E-state index contributed by atoms with van der Waals surface area (Å²) >= 11 is 0. The smallest absolute Gasteiger partial charge is 0.306 e. The highest BCUT2D eigenvalue weighted by atomic mass is 19.1. The molecule has 1 heterocycles. The third-order valence-corrected chi connectivity index (χ3v) is 4.12. The first-order valence-corrected chi connectivity index (χ1v) is 7.69. The molecule has 1 aromatic heterocycles. The molecule has 24 heavy (non-hydrogen) atoms. The highest BCUT2D eigenvalue weighted by Crippen LogP contribution is 2.25. The Morgan fingerprint density at radius 1 is 1.38 bits per heavy atom. The molecule has 1 fully saturated rings. The summed E-state index contributed by atoms with van der Waals surface area (Å²) in [4.78, 5) is 23.1. The van der Waals surface area contributed by atoms with E-state index in [1.54, 1.807) is 12.1 Å². The molecule has 3 rings (SSSR count). The molecule has 0 aliphatic heterocycles. The third-order valence-electron chi connectivity index (χ3n) is 4.12. The number of rotatable bonds is 5. The number of amides is 1. The molecular weight excluding hydrogens is 315 g/mol. The van der Waals surface area contributed by atoms with Crippen molar-refractivity contribution >= 4 is 11.9 Å². The Labute approximate surface area is 137 Å². The number of halogens is 1. The average Bonchev–Trinajstić information content (AvgIpc) is 3.17. The summed E-state index contributed by atoms with van der Waals surface area (Å²) < 4.78 is 14.6. The Morgan fingerprint density at radius 2 is 2.21 bits per heavy atom. The van der Waals surface area contributed by atoms with E-state index in [4.69, 9.17) is 5.11 Å². The van der Waals surface area contributed by atoms with E-state index in [-0.39, 0.29) is 23.5 Å². The van der Waals surface area contributed by atoms with E-state index in [1.807, 2.05) is 0 Å². The number of hydrogen-bond donors (Lipinski definition) is 2. The van der Waals surface area contributed by atoms with Gasteiger partial charge in [0.2, 0.25) is 0 Å². The number of carbonyl (C=O) groups is 2. The van der Waals surface area contributed by atoms with Crippen LogP contribution < -0.4 is 5.32 Å². The van der Waals surface area contributed by atoms with Crippen LogP contribution in [0.15, 0.2) is 30.5 Å². The van der Waals surface area contributed by atoms with Gasteiger partial charge in [-0.2, -0.15) is 0 Å². The summed E-state index contributed by atoms with van der Waals surface area (Å²) in [6, 6.07) is 5.96. The Bertz CT molecular complexity index is 761. The molecule has 126 valence electrons. The molecule has 8 heteroatoms. The minimum absolute atomic E-state index is 0.158. The van der Waals surface area contributed by atoms with Gasteiger partial charge in [0.15, 0.2) is 5.69 Å². The van der Waals surface area contributed by atoms with Gasteiger partial charge in [0.1, 0.15) is 5.82 Å². The maximum atomic E-state index is 13.2. The van der Waals surface area contributed by atoms with Crippen LogP contribution in [0.1, 0.15) is 35.3 Å². The van der Waals surface area contributed by atoms with Gasteiger partial charge in [-0.15, -0.1) is 5.10 Å². The number of carboxylic acid groups (broad SMARTS) is 1. The quantitative estimate of drug-likeness (QED) is 0.864. The third kappa shape index (κ3) is 3.76. The van der Waals surface area contributed by atoms with Crippen molar-refractivity contribution in [2.24, 2.45) is 5.92 Å². The summed E-state index contributed by atoms with van der Waals surface area (Å²) in [7, 11) is 0. The van der Waals surface area contributed by atoms with Gasteiger partial charge in [0, 0.05) is 6.04 Å². The van der Waals surface area contributed by atoms with Crippen LogP contribution >= 0.6 is 0 Å². The molecule has 0 bridgehead atoms. The number of nitrogens with zero attached hydrogens (tertiary/aromatic N) is 3. The Kier molecular flexibility index (Phi) is 4.54. The van der Waals surface area contributed by atoms with Crippen LogP contribution in [0.3, 0.4) is 0 Å². The molecule has 1 saturated carbocycles. The monoisotopic (exact) mass is 332 g/mol. The van der Waals surface area contributed by atoms with E-state index in [0.717, 1.165) is 0 Å². The number of carbonyl (C=O) groups excluding carboxylic acids is 1. The van der Waals surface area contributed by atoms with Crippen molar-refractivity contribution in [3.63, 3.8) is 0 Å². The maximum absolute atomic E-state index is 13.2. The maximum Gasteiger partial charge on any atom is 0.306 e. The second kappa shape index (κ2) is 6.77. The Balaban J connectivity index is 1.59. The summed E-state index contributed by atoms with van der Waals surface area (Å²) in [5.41, 5.74) is 0.872. The summed E-state index contributed by atoms with van der Waals surface area (Å²) in [5.74, 6) is -1.94. The molecule has 0 unspecified atom stereocenters. The second-order valence-corrected chi connectivity index (χ2v) is 5.95. The van der Waals surface area contributed by atoms with Gasteiger partial charge in [0.05, 0.1) is 18.7 Å². The van der Waals surface area contributed by atoms with E-state index < -0.39 is 11.9 Å². The molecule has 1 amide bonds. The first kappa shape index (κ1) is 16.1. The molecule has 1 aliphatic carbocycles. The number of aromatic nitrogens is 3. The first-order chi connectivity index (χ1) is 11.5. The molecule has 2 aromatic rings. The topological polar surface area (TPSA) is 97.1 Å². The van der Waals surface area contributed by atoms with Gasteiger partial charge in [-0.3, -0.25) is 9.59 Å². The molecule has 1 aliphatic rings. The van der Waals surface area contributed by atoms with E-state index in [2.05, 4.69) is 15.6 Å². The Morgan fingerprint density at radius 3 is 2.92 bits per heavy atom. The standard InChI is InChI=1S/C16H17FN4O3/c17-12-3-1-2-10(6-12)8-21-9-14(19-20-21)15(22)18-13-5-4-11(7-13)16(23)24/h1-3,6,9,11,13H,4-5,7-8H2,(H,18,22)(H,23,24)/t11-,13+/m0/s1. The zero-order chi connectivity index (χ0) is 17.1. The van der Waals surface area contributed by atoms with Gasteiger partial charge in [-0.1, -0.05) is 17.3 Å². The zero-order valence-corrected chi connectivity index (χ0v) is 12.9. The molecule has 7 nitrogen and oxygen atoms in total. The van der Waals surface area contributed by atoms with Gasteiger partial charge in [-0.05, 0) is 37.0 Å². The van der Waals surface area contributed by atoms with Gasteiger partial charge >= 0.3 is 5.97 Å². The lowest BCUT2D eigenvalue weighted by atomic mass is 10.1. The van der Waals surface area contributed by atoms with Gasteiger partial charge in [0.25, 0.3) is 5.91 Å². The molecule has 2 N–H and O–H groups in total. The van der Waals surface area contributed by atoms with Crippen molar-refractivity contribution in [3.8, 4) is 0 Å². The fraction of sp³-hybridized carbons (Fsp3) is 0.375. The van der Waals surface area contributed by atoms with Crippen LogP contribution in [0.2, 0.25) is 0 Å². The van der Waals surface area contributed by atoms with Gasteiger partial charge < -0.3 is 10.4 Å². The van der Waals surface area contributed by atoms with Gasteiger partial charge in [-0.25, -0.2) is 9.07 Å². The highest BCUT2D eigenvalue weighted by molar-refractivity contribution is 5.92. The van der Waals surface area contributed by atoms with Crippen LogP contribution in [0.5, 0.6) is 0 Å². The summed E-state index contributed by atoms with van der Waals surface area (Å²) in [5, 5.41) is 19.5. The number of hydrogen-bond acceptors (Lipinski definition) is 4. The molecule has 0 spiro atoms. The SMILES string of the molecule is O=C(N[C@@H]1CC[C@H](C(=O)O)C1)c1cn(Cc2cccc(F)c2)nn1. The number of benzene rings is 1. The fourth-order valence-electron chi connectivity index (χ4n) is 2.90. The van der Waals surface area contributed by atoms with Crippen molar-refractivity contribution in [2.45, 2.75) is 31.8 Å². The van der Waals surface area contributed by atoms with Crippen molar-refractivity contribution in [1.82, 2.24) is 20.3 Å². The number of nitrogens with one attached hydrogen (secondary N) is 1.